The van der Waals surface area contributed by atoms with Crippen LogP contribution in [0.1, 0.15) is 5.69 Å². The molecule has 0 radical (unpaired) electrons. The van der Waals surface area contributed by atoms with Gasteiger partial charge in [0.2, 0.25) is 0 Å². The van der Waals surface area contributed by atoms with E-state index in [4.69, 9.17) is 0 Å². The number of H-pyrrole nitrogens is 1. The van der Waals surface area contributed by atoms with Gasteiger partial charge in [-0.2, -0.15) is 15.4 Å². The monoisotopic (exact) mass is 346 g/mol. The fourth-order valence-electron chi connectivity index (χ4n) is 2.02. The lowest BCUT2D eigenvalue weighted by Gasteiger charge is -2.07. The first-order valence-electron chi connectivity index (χ1n) is 6.38. The summed E-state index contributed by atoms with van der Waals surface area (Å²) in [6, 6.07) is 14.6. The minimum absolute atomic E-state index is 0.311. The van der Waals surface area contributed by atoms with E-state index < -0.39 is 0 Å². The molecule has 0 spiro atoms. The fourth-order valence-corrected chi connectivity index (χ4v) is 2.35. The first-order valence-corrected chi connectivity index (χ1v) is 7.17. The third-order valence-electron chi connectivity index (χ3n) is 3.04. The maximum absolute atomic E-state index is 13.8. The van der Waals surface area contributed by atoms with E-state index in [2.05, 4.69) is 36.7 Å². The largest absolute Gasteiger partial charge is 0.377 e. The molecule has 0 aliphatic carbocycles. The molecule has 106 valence electrons. The summed E-state index contributed by atoms with van der Waals surface area (Å²) in [6.07, 6.45) is 0. The van der Waals surface area contributed by atoms with Gasteiger partial charge < -0.3 is 5.32 Å². The van der Waals surface area contributed by atoms with Crippen LogP contribution in [-0.2, 0) is 6.54 Å². The highest BCUT2D eigenvalue weighted by molar-refractivity contribution is 9.10. The molecule has 6 heteroatoms. The highest BCUT2D eigenvalue weighted by Crippen LogP contribution is 2.22. The Kier molecular flexibility index (Phi) is 3.96. The predicted octanol–water partition coefficient (Wildman–Crippen LogP) is 3.99. The van der Waals surface area contributed by atoms with Crippen LogP contribution < -0.4 is 5.32 Å². The molecule has 2 N–H and O–H groups in total. The average Bonchev–Trinajstić information content (AvgIpc) is 2.96. The lowest BCUT2D eigenvalue weighted by molar-refractivity contribution is 0.629. The fraction of sp³-hybridized carbons (Fsp3) is 0.0667. The topological polar surface area (TPSA) is 53.6 Å². The van der Waals surface area contributed by atoms with Crippen molar-refractivity contribution in [1.82, 2.24) is 15.4 Å². The predicted molar refractivity (Wildman–Crippen MR) is 83.2 cm³/mol. The lowest BCUT2D eigenvalue weighted by atomic mass is 10.1. The number of anilines is 1. The van der Waals surface area contributed by atoms with E-state index >= 15 is 0 Å². The smallest absolute Gasteiger partial charge is 0.147 e. The summed E-state index contributed by atoms with van der Waals surface area (Å²) in [6.45, 7) is 0.388. The molecule has 3 rings (SSSR count). The lowest BCUT2D eigenvalue weighted by Crippen LogP contribution is -2.03. The maximum Gasteiger partial charge on any atom is 0.147 e. The molecular formula is C15H12BrFN4. The van der Waals surface area contributed by atoms with Crippen molar-refractivity contribution in [3.05, 3.63) is 64.5 Å². The van der Waals surface area contributed by atoms with Crippen molar-refractivity contribution in [3.8, 4) is 11.3 Å². The van der Waals surface area contributed by atoms with Crippen LogP contribution in [0.3, 0.4) is 0 Å². The van der Waals surface area contributed by atoms with Gasteiger partial charge in [0.25, 0.3) is 0 Å². The molecule has 0 amide bonds. The van der Waals surface area contributed by atoms with Gasteiger partial charge in [-0.1, -0.05) is 46.3 Å². The highest BCUT2D eigenvalue weighted by Gasteiger charge is 2.10. The second kappa shape index (κ2) is 6.05. The minimum Gasteiger partial charge on any atom is -0.377 e. The summed E-state index contributed by atoms with van der Waals surface area (Å²) in [5.74, 6) is -0.311. The summed E-state index contributed by atoms with van der Waals surface area (Å²) in [5.41, 5.74) is 2.91. The molecule has 0 saturated heterocycles. The number of nitrogens with zero attached hydrogens (tertiary/aromatic N) is 2. The first-order chi connectivity index (χ1) is 10.2. The quantitative estimate of drug-likeness (QED) is 0.751. The van der Waals surface area contributed by atoms with Crippen molar-refractivity contribution >= 4 is 21.6 Å². The molecule has 3 aromatic rings. The molecule has 4 nitrogen and oxygen atoms in total. The maximum atomic E-state index is 13.8. The third-order valence-corrected chi connectivity index (χ3v) is 3.54. The standard InChI is InChI=1S/C15H12BrFN4/c16-11-6-7-13(12(17)8-11)18-9-14-15(20-21-19-14)10-4-2-1-3-5-10/h1-8,18H,9H2,(H,19,20,21). The van der Waals surface area contributed by atoms with Gasteiger partial charge in [-0.15, -0.1) is 0 Å². The summed E-state index contributed by atoms with van der Waals surface area (Å²) in [5, 5.41) is 13.9. The van der Waals surface area contributed by atoms with Gasteiger partial charge in [-0.05, 0) is 18.2 Å². The van der Waals surface area contributed by atoms with Crippen molar-refractivity contribution in [2.24, 2.45) is 0 Å². The molecule has 1 heterocycles. The normalized spacial score (nSPS) is 10.6. The Hall–Kier alpha value is -2.21. The Morgan fingerprint density at radius 3 is 2.67 bits per heavy atom. The summed E-state index contributed by atoms with van der Waals surface area (Å²) >= 11 is 3.23. The SMILES string of the molecule is Fc1cc(Br)ccc1NCc1n[nH]nc1-c1ccccc1. The van der Waals surface area contributed by atoms with E-state index in [-0.39, 0.29) is 5.82 Å². The van der Waals surface area contributed by atoms with Crippen LogP contribution in [0, 0.1) is 5.82 Å². The van der Waals surface area contributed by atoms with Crippen LogP contribution in [0.5, 0.6) is 0 Å². The number of aromatic nitrogens is 3. The number of hydrogen-bond donors (Lipinski definition) is 2. The van der Waals surface area contributed by atoms with Gasteiger partial charge >= 0.3 is 0 Å². The van der Waals surface area contributed by atoms with Crippen LogP contribution in [0.4, 0.5) is 10.1 Å². The second-order valence-electron chi connectivity index (χ2n) is 4.46. The van der Waals surface area contributed by atoms with Crippen LogP contribution in [0.2, 0.25) is 0 Å². The molecule has 2 aromatic carbocycles. The average molecular weight is 347 g/mol. The van der Waals surface area contributed by atoms with Gasteiger partial charge in [0.1, 0.15) is 17.2 Å². The summed E-state index contributed by atoms with van der Waals surface area (Å²) < 4.78 is 14.5. The van der Waals surface area contributed by atoms with E-state index in [1.807, 2.05) is 30.3 Å². The Labute approximate surface area is 129 Å². The molecule has 0 atom stereocenters. The van der Waals surface area contributed by atoms with Crippen molar-refractivity contribution in [3.63, 3.8) is 0 Å². The van der Waals surface area contributed by atoms with Crippen LogP contribution >= 0.6 is 15.9 Å². The molecule has 0 saturated carbocycles. The van der Waals surface area contributed by atoms with E-state index in [1.165, 1.54) is 6.07 Å². The van der Waals surface area contributed by atoms with Gasteiger partial charge in [0, 0.05) is 10.0 Å². The molecule has 0 fully saturated rings. The Balaban J connectivity index is 1.79. The Morgan fingerprint density at radius 1 is 1.10 bits per heavy atom. The molecule has 0 aliphatic heterocycles. The van der Waals surface area contributed by atoms with Crippen LogP contribution in [-0.4, -0.2) is 15.4 Å². The molecule has 21 heavy (non-hydrogen) atoms. The number of hydrogen-bond acceptors (Lipinski definition) is 3. The van der Waals surface area contributed by atoms with Crippen LogP contribution in [0.25, 0.3) is 11.3 Å². The third kappa shape index (κ3) is 3.11. The van der Waals surface area contributed by atoms with Gasteiger partial charge in [0.15, 0.2) is 0 Å². The van der Waals surface area contributed by atoms with E-state index in [9.17, 15) is 4.39 Å². The van der Waals surface area contributed by atoms with Crippen molar-refractivity contribution in [2.75, 3.05) is 5.32 Å². The number of nitrogens with one attached hydrogen (secondary N) is 2. The van der Waals surface area contributed by atoms with Crippen molar-refractivity contribution in [2.45, 2.75) is 6.54 Å². The first kappa shape index (κ1) is 13.8. The zero-order valence-electron chi connectivity index (χ0n) is 11.0. The summed E-state index contributed by atoms with van der Waals surface area (Å²) in [4.78, 5) is 0. The summed E-state index contributed by atoms with van der Waals surface area (Å²) in [7, 11) is 0. The number of aromatic amines is 1. The van der Waals surface area contributed by atoms with E-state index in [0.29, 0.717) is 16.7 Å². The Morgan fingerprint density at radius 2 is 1.90 bits per heavy atom. The number of rotatable bonds is 4. The van der Waals surface area contributed by atoms with Crippen molar-refractivity contribution < 1.29 is 4.39 Å². The zero-order chi connectivity index (χ0) is 14.7. The Bertz CT molecular complexity index is 742. The molecule has 0 bridgehead atoms. The van der Waals surface area contributed by atoms with Gasteiger partial charge in [-0.3, -0.25) is 0 Å². The van der Waals surface area contributed by atoms with Gasteiger partial charge in [0.05, 0.1) is 12.2 Å². The van der Waals surface area contributed by atoms with Crippen LogP contribution in [0.15, 0.2) is 53.0 Å². The minimum atomic E-state index is -0.311. The molecule has 1 aromatic heterocycles. The zero-order valence-corrected chi connectivity index (χ0v) is 12.6. The second-order valence-corrected chi connectivity index (χ2v) is 5.38. The molecular weight excluding hydrogens is 335 g/mol. The number of benzene rings is 2. The van der Waals surface area contributed by atoms with E-state index in [0.717, 1.165) is 17.0 Å². The highest BCUT2D eigenvalue weighted by atomic mass is 79.9. The van der Waals surface area contributed by atoms with Crippen molar-refractivity contribution in [1.29, 1.82) is 0 Å². The molecule has 0 unspecified atom stereocenters. The number of halogens is 2. The van der Waals surface area contributed by atoms with Gasteiger partial charge in [-0.25, -0.2) is 4.39 Å². The van der Waals surface area contributed by atoms with E-state index in [1.54, 1.807) is 12.1 Å². The molecule has 0 aliphatic rings.